The van der Waals surface area contributed by atoms with Crippen LogP contribution < -0.4 is 5.73 Å². The third kappa shape index (κ3) is 2.98. The molecule has 114 valence electrons. The maximum atomic E-state index is 12.7. The number of rotatable bonds is 5. The summed E-state index contributed by atoms with van der Waals surface area (Å²) >= 11 is 0. The van der Waals surface area contributed by atoms with E-state index < -0.39 is 10.0 Å². The third-order valence-electron chi connectivity index (χ3n) is 3.88. The second-order valence-corrected chi connectivity index (χ2v) is 7.33. The van der Waals surface area contributed by atoms with Crippen LogP contribution in [0.4, 0.5) is 5.82 Å². The molecule has 1 fully saturated rings. The summed E-state index contributed by atoms with van der Waals surface area (Å²) in [5.41, 5.74) is 5.79. The third-order valence-corrected chi connectivity index (χ3v) is 5.77. The number of aromatic nitrogens is 2. The van der Waals surface area contributed by atoms with Crippen LogP contribution in [0.1, 0.15) is 39.5 Å². The van der Waals surface area contributed by atoms with Gasteiger partial charge in [-0.1, -0.05) is 20.3 Å². The van der Waals surface area contributed by atoms with Gasteiger partial charge in [-0.05, 0) is 25.2 Å². The molecule has 0 amide bonds. The van der Waals surface area contributed by atoms with Gasteiger partial charge in [0.25, 0.3) is 0 Å². The van der Waals surface area contributed by atoms with Crippen molar-refractivity contribution in [2.24, 2.45) is 5.92 Å². The van der Waals surface area contributed by atoms with E-state index in [1.165, 1.54) is 0 Å². The maximum Gasteiger partial charge on any atom is 0.248 e. The summed E-state index contributed by atoms with van der Waals surface area (Å²) in [5.74, 6) is 0.558. The van der Waals surface area contributed by atoms with Crippen molar-refractivity contribution in [2.75, 3.05) is 18.8 Å². The number of anilines is 1. The lowest BCUT2D eigenvalue weighted by molar-refractivity contribution is 0.261. The highest BCUT2D eigenvalue weighted by Crippen LogP contribution is 2.27. The first-order valence-electron chi connectivity index (χ1n) is 7.32. The quantitative estimate of drug-likeness (QED) is 0.897. The van der Waals surface area contributed by atoms with Gasteiger partial charge in [-0.25, -0.2) is 8.42 Å². The fourth-order valence-corrected chi connectivity index (χ4v) is 4.29. The molecule has 2 N–H and O–H groups in total. The Bertz CT molecular complexity index is 553. The van der Waals surface area contributed by atoms with Gasteiger partial charge >= 0.3 is 0 Å². The molecule has 1 atom stereocenters. The van der Waals surface area contributed by atoms with Gasteiger partial charge in [0.15, 0.2) is 5.82 Å². The predicted molar refractivity (Wildman–Crippen MR) is 78.7 cm³/mol. The maximum absolute atomic E-state index is 12.7. The molecule has 1 saturated heterocycles. The predicted octanol–water partition coefficient (Wildman–Crippen LogP) is 1.69. The minimum Gasteiger partial charge on any atom is -0.381 e. The number of nitrogens with zero attached hydrogens (tertiary/aromatic N) is 3. The highest BCUT2D eigenvalue weighted by atomic mass is 32.2. The number of nitrogen functional groups attached to an aromatic ring is 1. The van der Waals surface area contributed by atoms with Crippen molar-refractivity contribution in [1.82, 2.24) is 14.1 Å². The van der Waals surface area contributed by atoms with Crippen molar-refractivity contribution in [3.05, 3.63) is 6.20 Å². The van der Waals surface area contributed by atoms with Crippen LogP contribution in [0.5, 0.6) is 0 Å². The van der Waals surface area contributed by atoms with Crippen LogP contribution in [0.25, 0.3) is 0 Å². The Hall–Kier alpha value is -1.08. The summed E-state index contributed by atoms with van der Waals surface area (Å²) in [6.45, 7) is 5.97. The zero-order valence-electron chi connectivity index (χ0n) is 12.2. The molecule has 7 heteroatoms. The Morgan fingerprint density at radius 3 is 2.85 bits per heavy atom. The van der Waals surface area contributed by atoms with Crippen LogP contribution in [-0.2, 0) is 16.6 Å². The molecule has 1 aliphatic rings. The van der Waals surface area contributed by atoms with Crippen LogP contribution in [0.2, 0.25) is 0 Å². The second kappa shape index (κ2) is 6.13. The molecule has 20 heavy (non-hydrogen) atoms. The fourth-order valence-electron chi connectivity index (χ4n) is 2.68. The van der Waals surface area contributed by atoms with Gasteiger partial charge in [0, 0.05) is 25.8 Å². The van der Waals surface area contributed by atoms with Crippen molar-refractivity contribution in [2.45, 2.75) is 51.0 Å². The Morgan fingerprint density at radius 2 is 2.20 bits per heavy atom. The molecule has 1 aliphatic heterocycles. The van der Waals surface area contributed by atoms with Gasteiger partial charge in [0.05, 0.1) is 0 Å². The van der Waals surface area contributed by atoms with E-state index in [2.05, 4.69) is 12.0 Å². The molecule has 1 unspecified atom stereocenters. The first kappa shape index (κ1) is 15.3. The van der Waals surface area contributed by atoms with Crippen LogP contribution in [0.15, 0.2) is 11.1 Å². The smallest absolute Gasteiger partial charge is 0.248 e. The van der Waals surface area contributed by atoms with Gasteiger partial charge in [0.2, 0.25) is 10.0 Å². The van der Waals surface area contributed by atoms with Crippen molar-refractivity contribution in [1.29, 1.82) is 0 Å². The van der Waals surface area contributed by atoms with Crippen LogP contribution in [0, 0.1) is 5.92 Å². The van der Waals surface area contributed by atoms with Crippen molar-refractivity contribution in [3.8, 4) is 0 Å². The molecule has 2 heterocycles. The van der Waals surface area contributed by atoms with Gasteiger partial charge < -0.3 is 5.73 Å². The molecule has 6 nitrogen and oxygen atoms in total. The van der Waals surface area contributed by atoms with E-state index in [0.29, 0.717) is 25.6 Å². The summed E-state index contributed by atoms with van der Waals surface area (Å²) in [6.07, 6.45) is 5.48. The highest BCUT2D eigenvalue weighted by Gasteiger charge is 2.32. The summed E-state index contributed by atoms with van der Waals surface area (Å²) in [4.78, 5) is 0.155. The SMILES string of the molecule is CCCn1cc(S(=O)(=O)N2CCCC(CC)C2)c(N)n1. The largest absolute Gasteiger partial charge is 0.381 e. The summed E-state index contributed by atoms with van der Waals surface area (Å²) < 4.78 is 28.5. The molecule has 0 aliphatic carbocycles. The Morgan fingerprint density at radius 1 is 1.45 bits per heavy atom. The summed E-state index contributed by atoms with van der Waals surface area (Å²) in [7, 11) is -3.51. The molecule has 0 spiro atoms. The first-order chi connectivity index (χ1) is 9.48. The Kier molecular flexibility index (Phi) is 4.70. The molecule has 0 aromatic carbocycles. The first-order valence-corrected chi connectivity index (χ1v) is 8.76. The van der Waals surface area contributed by atoms with E-state index in [4.69, 9.17) is 5.73 Å². The Labute approximate surface area is 121 Å². The lowest BCUT2D eigenvalue weighted by Gasteiger charge is -2.31. The zero-order valence-corrected chi connectivity index (χ0v) is 13.1. The molecule has 1 aromatic rings. The number of aryl methyl sites for hydroxylation is 1. The molecule has 2 rings (SSSR count). The van der Waals surface area contributed by atoms with Gasteiger partial charge in [-0.15, -0.1) is 0 Å². The molecule has 1 aromatic heterocycles. The van der Waals surface area contributed by atoms with Crippen LogP contribution in [-0.4, -0.2) is 35.6 Å². The van der Waals surface area contributed by atoms with Gasteiger partial charge in [-0.3, -0.25) is 4.68 Å². The summed E-state index contributed by atoms with van der Waals surface area (Å²) in [5, 5.41) is 4.09. The molecule has 0 bridgehead atoms. The standard InChI is InChI=1S/C13H24N4O2S/c1-3-7-16-10-12(13(14)15-16)20(18,19)17-8-5-6-11(4-2)9-17/h10-11H,3-9H2,1-2H3,(H2,14,15). The van der Waals surface area contributed by atoms with E-state index in [9.17, 15) is 8.42 Å². The van der Waals surface area contributed by atoms with Crippen molar-refractivity contribution < 1.29 is 8.42 Å². The number of hydrogen-bond acceptors (Lipinski definition) is 4. The van der Waals surface area contributed by atoms with E-state index >= 15 is 0 Å². The second-order valence-electron chi connectivity index (χ2n) is 5.42. The van der Waals surface area contributed by atoms with Gasteiger partial charge in [-0.2, -0.15) is 9.40 Å². The summed E-state index contributed by atoms with van der Waals surface area (Å²) in [6, 6.07) is 0. The Balaban J connectivity index is 2.25. The molecule has 0 saturated carbocycles. The lowest BCUT2D eigenvalue weighted by Crippen LogP contribution is -2.39. The monoisotopic (exact) mass is 300 g/mol. The van der Waals surface area contributed by atoms with Crippen molar-refractivity contribution in [3.63, 3.8) is 0 Å². The number of piperidine rings is 1. The van der Waals surface area contributed by atoms with Crippen molar-refractivity contribution >= 4 is 15.8 Å². The van der Waals surface area contributed by atoms with E-state index in [1.807, 2.05) is 6.92 Å². The normalized spacial score (nSPS) is 21.2. The average molecular weight is 300 g/mol. The van der Waals surface area contributed by atoms with E-state index in [1.54, 1.807) is 15.2 Å². The number of hydrogen-bond donors (Lipinski definition) is 1. The molecular formula is C13H24N4O2S. The minimum absolute atomic E-state index is 0.108. The molecule has 0 radical (unpaired) electrons. The minimum atomic E-state index is -3.51. The van der Waals surface area contributed by atoms with E-state index in [0.717, 1.165) is 25.7 Å². The van der Waals surface area contributed by atoms with Crippen LogP contribution >= 0.6 is 0 Å². The highest BCUT2D eigenvalue weighted by molar-refractivity contribution is 7.89. The molecular weight excluding hydrogens is 276 g/mol. The average Bonchev–Trinajstić information content (AvgIpc) is 2.81. The topological polar surface area (TPSA) is 81.2 Å². The number of nitrogens with two attached hydrogens (primary N) is 1. The van der Waals surface area contributed by atoms with Gasteiger partial charge in [0.1, 0.15) is 4.90 Å². The zero-order chi connectivity index (χ0) is 14.8. The fraction of sp³-hybridized carbons (Fsp3) is 0.769. The number of sulfonamides is 1. The van der Waals surface area contributed by atoms with Crippen LogP contribution in [0.3, 0.4) is 0 Å². The van der Waals surface area contributed by atoms with E-state index in [-0.39, 0.29) is 10.7 Å². The lowest BCUT2D eigenvalue weighted by atomic mass is 9.97.